The lowest BCUT2D eigenvalue weighted by atomic mass is 10.2. The third kappa shape index (κ3) is 4.22. The van der Waals surface area contributed by atoms with Crippen molar-refractivity contribution in [2.75, 3.05) is 16.8 Å². The predicted molar refractivity (Wildman–Crippen MR) is 118 cm³/mol. The number of pyridine rings is 1. The van der Waals surface area contributed by atoms with Gasteiger partial charge in [0, 0.05) is 26.0 Å². The number of halogens is 1. The van der Waals surface area contributed by atoms with Gasteiger partial charge < -0.3 is 4.90 Å². The van der Waals surface area contributed by atoms with Crippen LogP contribution in [-0.4, -0.2) is 41.6 Å². The van der Waals surface area contributed by atoms with E-state index in [1.165, 1.54) is 20.7 Å². The minimum Gasteiger partial charge on any atom is -0.307 e. The molecule has 0 saturated heterocycles. The molecule has 0 radical (unpaired) electrons. The van der Waals surface area contributed by atoms with Gasteiger partial charge in [-0.1, -0.05) is 29.3 Å². The summed E-state index contributed by atoms with van der Waals surface area (Å²) in [4.78, 5) is 20.2. The molecule has 2 aromatic heterocycles. The first-order chi connectivity index (χ1) is 14.2. The molecule has 0 aliphatic heterocycles. The van der Waals surface area contributed by atoms with Crippen molar-refractivity contribution in [3.8, 4) is 0 Å². The fraction of sp³-hybridized carbons (Fsp3) is 0.200. The molecule has 0 atom stereocenters. The van der Waals surface area contributed by atoms with Gasteiger partial charge in [0.15, 0.2) is 10.8 Å². The monoisotopic (exact) mass is 445 g/mol. The molecular formula is C20H20ClN5O3S. The Labute approximate surface area is 180 Å². The molecule has 30 heavy (non-hydrogen) atoms. The second kappa shape index (κ2) is 8.68. The van der Waals surface area contributed by atoms with E-state index < -0.39 is 16.2 Å². The number of carbonyl (C=O) groups is 1. The second-order valence-corrected chi connectivity index (χ2v) is 7.75. The summed E-state index contributed by atoms with van der Waals surface area (Å²) in [5, 5.41) is 4.54. The molecule has 0 aliphatic carbocycles. The number of aromatic nitrogens is 3. The molecule has 0 unspecified atom stereocenters. The van der Waals surface area contributed by atoms with Crippen LogP contribution in [0.15, 0.2) is 42.6 Å². The first-order valence-electron chi connectivity index (χ1n) is 8.91. The standard InChI is InChI=1S/C20H20ClN5O3S/c1-13-7-9-15(10-8-13)26(12-30(28)29)17-14(2)23-25(4)18(17)20(27)24(3)16-6-5-11-22-19(16)21/h5-12H,1-4H3. The van der Waals surface area contributed by atoms with Crippen molar-refractivity contribution in [1.82, 2.24) is 14.8 Å². The van der Waals surface area contributed by atoms with Crippen molar-refractivity contribution in [3.63, 3.8) is 0 Å². The Morgan fingerprint density at radius 2 is 1.83 bits per heavy atom. The van der Waals surface area contributed by atoms with Crippen LogP contribution in [-0.2, 0) is 17.3 Å². The fourth-order valence-electron chi connectivity index (χ4n) is 3.11. The van der Waals surface area contributed by atoms with Gasteiger partial charge in [0.05, 0.1) is 11.4 Å². The smallest absolute Gasteiger partial charge is 0.278 e. The van der Waals surface area contributed by atoms with E-state index in [0.29, 0.717) is 22.8 Å². The Balaban J connectivity index is 2.18. The average Bonchev–Trinajstić information content (AvgIpc) is 2.99. The van der Waals surface area contributed by atoms with Crippen LogP contribution in [0, 0.1) is 13.8 Å². The zero-order valence-electron chi connectivity index (χ0n) is 16.9. The van der Waals surface area contributed by atoms with Crippen LogP contribution in [0.3, 0.4) is 0 Å². The number of aryl methyl sites for hydroxylation is 3. The lowest BCUT2D eigenvalue weighted by Gasteiger charge is -2.23. The van der Waals surface area contributed by atoms with Crippen molar-refractivity contribution < 1.29 is 13.2 Å². The molecular weight excluding hydrogens is 426 g/mol. The maximum absolute atomic E-state index is 13.4. The largest absolute Gasteiger partial charge is 0.307 e. The van der Waals surface area contributed by atoms with Crippen molar-refractivity contribution in [1.29, 1.82) is 0 Å². The highest BCUT2D eigenvalue weighted by molar-refractivity contribution is 7.71. The van der Waals surface area contributed by atoms with Gasteiger partial charge in [0.25, 0.3) is 5.91 Å². The van der Waals surface area contributed by atoms with Crippen LogP contribution in [0.2, 0.25) is 5.15 Å². The van der Waals surface area contributed by atoms with Gasteiger partial charge in [-0.05, 0) is 38.1 Å². The summed E-state index contributed by atoms with van der Waals surface area (Å²) in [7, 11) is 0.686. The van der Waals surface area contributed by atoms with Crippen LogP contribution in [0.1, 0.15) is 21.7 Å². The van der Waals surface area contributed by atoms with Crippen LogP contribution in [0.5, 0.6) is 0 Å². The normalized spacial score (nSPS) is 10.6. The summed E-state index contributed by atoms with van der Waals surface area (Å²) in [6, 6.07) is 10.6. The molecule has 8 nitrogen and oxygen atoms in total. The zero-order valence-corrected chi connectivity index (χ0v) is 18.4. The van der Waals surface area contributed by atoms with Gasteiger partial charge in [-0.25, -0.2) is 4.98 Å². The SMILES string of the molecule is Cc1ccc(N(C=S(=O)=O)c2c(C)nn(C)c2C(=O)N(C)c2cccnc2Cl)cc1. The highest BCUT2D eigenvalue weighted by atomic mass is 35.5. The Hall–Kier alpha value is -3.17. The van der Waals surface area contributed by atoms with Crippen LogP contribution in [0.25, 0.3) is 0 Å². The van der Waals surface area contributed by atoms with Gasteiger partial charge >= 0.3 is 0 Å². The molecule has 0 N–H and O–H groups in total. The Morgan fingerprint density at radius 1 is 1.17 bits per heavy atom. The van der Waals surface area contributed by atoms with E-state index in [9.17, 15) is 13.2 Å². The summed E-state index contributed by atoms with van der Waals surface area (Å²) >= 11 is 6.15. The number of hydrogen-bond donors (Lipinski definition) is 0. The van der Waals surface area contributed by atoms with E-state index in [0.717, 1.165) is 11.1 Å². The second-order valence-electron chi connectivity index (χ2n) is 6.66. The van der Waals surface area contributed by atoms with Crippen LogP contribution >= 0.6 is 11.6 Å². The van der Waals surface area contributed by atoms with Gasteiger partial charge in [-0.2, -0.15) is 13.5 Å². The van der Waals surface area contributed by atoms with Gasteiger partial charge in [0.1, 0.15) is 11.2 Å². The molecule has 0 fully saturated rings. The molecule has 0 saturated carbocycles. The molecule has 1 amide bonds. The van der Waals surface area contributed by atoms with Crippen LogP contribution < -0.4 is 9.80 Å². The highest BCUT2D eigenvalue weighted by Gasteiger charge is 2.28. The van der Waals surface area contributed by atoms with E-state index in [2.05, 4.69) is 10.1 Å². The lowest BCUT2D eigenvalue weighted by molar-refractivity contribution is 0.0984. The molecule has 10 heteroatoms. The van der Waals surface area contributed by atoms with Gasteiger partial charge in [-0.3, -0.25) is 14.4 Å². The summed E-state index contributed by atoms with van der Waals surface area (Å²) < 4.78 is 24.6. The molecule has 1 aromatic carbocycles. The highest BCUT2D eigenvalue weighted by Crippen LogP contribution is 2.33. The number of nitrogens with zero attached hydrogens (tertiary/aromatic N) is 5. The summed E-state index contributed by atoms with van der Waals surface area (Å²) in [5.41, 5.74) is 4.10. The molecule has 3 aromatic rings. The maximum atomic E-state index is 13.4. The van der Waals surface area contributed by atoms with E-state index >= 15 is 0 Å². The third-order valence-electron chi connectivity index (χ3n) is 4.54. The molecule has 2 heterocycles. The van der Waals surface area contributed by atoms with Crippen molar-refractivity contribution in [3.05, 3.63) is 64.7 Å². The quantitative estimate of drug-likeness (QED) is 0.443. The number of benzene rings is 1. The van der Waals surface area contributed by atoms with Crippen molar-refractivity contribution >= 4 is 50.4 Å². The minimum atomic E-state index is -2.51. The molecule has 0 bridgehead atoms. The van der Waals surface area contributed by atoms with Crippen LogP contribution in [0.4, 0.5) is 17.1 Å². The van der Waals surface area contributed by atoms with E-state index in [1.807, 2.05) is 19.1 Å². The number of rotatable bonds is 5. The van der Waals surface area contributed by atoms with E-state index in [1.54, 1.807) is 45.3 Å². The van der Waals surface area contributed by atoms with Crippen molar-refractivity contribution in [2.24, 2.45) is 7.05 Å². The summed E-state index contributed by atoms with van der Waals surface area (Å²) in [6.07, 6.45) is 1.53. The summed E-state index contributed by atoms with van der Waals surface area (Å²) in [6.45, 7) is 3.65. The number of carbonyl (C=O) groups excluding carboxylic acids is 1. The molecule has 156 valence electrons. The number of hydrogen-bond acceptors (Lipinski definition) is 5. The Morgan fingerprint density at radius 3 is 2.43 bits per heavy atom. The lowest BCUT2D eigenvalue weighted by Crippen LogP contribution is -2.30. The molecule has 0 aliphatic rings. The number of amides is 1. The topological polar surface area (TPSA) is 88.4 Å². The minimum absolute atomic E-state index is 0.177. The van der Waals surface area contributed by atoms with E-state index in [-0.39, 0.29) is 10.8 Å². The zero-order chi connectivity index (χ0) is 22.0. The van der Waals surface area contributed by atoms with E-state index in [4.69, 9.17) is 11.6 Å². The van der Waals surface area contributed by atoms with Crippen molar-refractivity contribution in [2.45, 2.75) is 13.8 Å². The van der Waals surface area contributed by atoms with Gasteiger partial charge in [-0.15, -0.1) is 0 Å². The fourth-order valence-corrected chi connectivity index (χ4v) is 3.75. The third-order valence-corrected chi connectivity index (χ3v) is 5.22. The predicted octanol–water partition coefficient (Wildman–Crippen LogP) is 3.14. The first kappa shape index (κ1) is 21.5. The first-order valence-corrected chi connectivity index (χ1v) is 10.4. The summed E-state index contributed by atoms with van der Waals surface area (Å²) in [5.74, 6) is -0.412. The molecule has 0 spiro atoms. The molecule has 3 rings (SSSR count). The maximum Gasteiger partial charge on any atom is 0.278 e. The average molecular weight is 446 g/mol. The Kier molecular flexibility index (Phi) is 6.23. The van der Waals surface area contributed by atoms with Gasteiger partial charge in [0.2, 0.25) is 10.3 Å². The number of anilines is 3. The Bertz CT molecular complexity index is 1230.